The Morgan fingerprint density at radius 1 is 0.913 bits per heavy atom. The van der Waals surface area contributed by atoms with Crippen molar-refractivity contribution in [2.24, 2.45) is 0 Å². The van der Waals surface area contributed by atoms with E-state index < -0.39 is 11.8 Å². The van der Waals surface area contributed by atoms with Gasteiger partial charge < -0.3 is 10.6 Å². The molecular weight excluding hydrogens is 288 g/mol. The van der Waals surface area contributed by atoms with Crippen LogP contribution in [-0.2, 0) is 16.0 Å². The number of para-hydroxylation sites is 1. The van der Waals surface area contributed by atoms with Crippen LogP contribution in [0.1, 0.15) is 37.8 Å². The van der Waals surface area contributed by atoms with Gasteiger partial charge in [-0.05, 0) is 41.7 Å². The Balaban J connectivity index is 2.04. The van der Waals surface area contributed by atoms with Gasteiger partial charge in [0.1, 0.15) is 0 Å². The summed E-state index contributed by atoms with van der Waals surface area (Å²) in [6.07, 6.45) is 0.931. The third-order valence-electron chi connectivity index (χ3n) is 3.66. The number of aryl methyl sites for hydroxylation is 1. The molecule has 0 aliphatic rings. The number of carbonyl (C=O) groups is 2. The Morgan fingerprint density at radius 2 is 1.52 bits per heavy atom. The SMILES string of the molecule is CCc1ccc(NC(=O)C(=O)Nc2ccccc2C(C)C)cc1. The van der Waals surface area contributed by atoms with Crippen LogP contribution in [0.2, 0.25) is 0 Å². The van der Waals surface area contributed by atoms with Crippen LogP contribution in [0.4, 0.5) is 11.4 Å². The summed E-state index contributed by atoms with van der Waals surface area (Å²) in [4.78, 5) is 24.1. The Labute approximate surface area is 136 Å². The van der Waals surface area contributed by atoms with Crippen molar-refractivity contribution in [2.45, 2.75) is 33.1 Å². The molecule has 2 amide bonds. The van der Waals surface area contributed by atoms with Gasteiger partial charge in [-0.3, -0.25) is 9.59 Å². The first-order chi connectivity index (χ1) is 11.0. The van der Waals surface area contributed by atoms with Crippen molar-refractivity contribution in [3.63, 3.8) is 0 Å². The first kappa shape index (κ1) is 16.7. The Kier molecular flexibility index (Phi) is 5.52. The van der Waals surface area contributed by atoms with Gasteiger partial charge in [0, 0.05) is 11.4 Å². The highest BCUT2D eigenvalue weighted by Gasteiger charge is 2.16. The zero-order valence-electron chi connectivity index (χ0n) is 13.7. The first-order valence-electron chi connectivity index (χ1n) is 7.81. The smallest absolute Gasteiger partial charge is 0.314 e. The summed E-state index contributed by atoms with van der Waals surface area (Å²) in [6, 6.07) is 15.0. The zero-order valence-corrected chi connectivity index (χ0v) is 13.7. The second kappa shape index (κ2) is 7.58. The van der Waals surface area contributed by atoms with E-state index in [9.17, 15) is 9.59 Å². The largest absolute Gasteiger partial charge is 0.318 e. The van der Waals surface area contributed by atoms with E-state index >= 15 is 0 Å². The molecule has 2 aromatic rings. The highest BCUT2D eigenvalue weighted by atomic mass is 16.2. The fourth-order valence-electron chi connectivity index (χ4n) is 2.31. The van der Waals surface area contributed by atoms with Crippen LogP contribution < -0.4 is 10.6 Å². The monoisotopic (exact) mass is 310 g/mol. The number of hydrogen-bond donors (Lipinski definition) is 2. The molecule has 120 valence electrons. The summed E-state index contributed by atoms with van der Waals surface area (Å²) in [7, 11) is 0. The van der Waals surface area contributed by atoms with Gasteiger partial charge in [0.25, 0.3) is 0 Å². The summed E-state index contributed by atoms with van der Waals surface area (Å²) in [5.41, 5.74) is 3.46. The second-order valence-corrected chi connectivity index (χ2v) is 5.70. The van der Waals surface area contributed by atoms with Crippen molar-refractivity contribution in [1.29, 1.82) is 0 Å². The second-order valence-electron chi connectivity index (χ2n) is 5.70. The highest BCUT2D eigenvalue weighted by Crippen LogP contribution is 2.23. The number of rotatable bonds is 4. The zero-order chi connectivity index (χ0) is 16.8. The van der Waals surface area contributed by atoms with Gasteiger partial charge >= 0.3 is 11.8 Å². The van der Waals surface area contributed by atoms with Gasteiger partial charge in [-0.2, -0.15) is 0 Å². The van der Waals surface area contributed by atoms with E-state index in [0.29, 0.717) is 11.4 Å². The molecule has 0 atom stereocenters. The molecule has 0 radical (unpaired) electrons. The molecular formula is C19H22N2O2. The van der Waals surface area contributed by atoms with Crippen molar-refractivity contribution >= 4 is 23.2 Å². The summed E-state index contributed by atoms with van der Waals surface area (Å²) in [6.45, 7) is 6.15. The first-order valence-corrected chi connectivity index (χ1v) is 7.81. The molecule has 0 saturated carbocycles. The minimum absolute atomic E-state index is 0.260. The molecule has 0 spiro atoms. The van der Waals surface area contributed by atoms with E-state index in [4.69, 9.17) is 0 Å². The number of benzene rings is 2. The summed E-state index contributed by atoms with van der Waals surface area (Å²) < 4.78 is 0. The molecule has 4 nitrogen and oxygen atoms in total. The molecule has 0 bridgehead atoms. The number of amides is 2. The van der Waals surface area contributed by atoms with Gasteiger partial charge in [-0.15, -0.1) is 0 Å². The molecule has 2 N–H and O–H groups in total. The van der Waals surface area contributed by atoms with E-state index in [0.717, 1.165) is 12.0 Å². The lowest BCUT2D eigenvalue weighted by Gasteiger charge is -2.13. The number of carbonyl (C=O) groups excluding carboxylic acids is 2. The maximum absolute atomic E-state index is 12.1. The lowest BCUT2D eigenvalue weighted by Crippen LogP contribution is -2.29. The Morgan fingerprint density at radius 3 is 2.13 bits per heavy atom. The van der Waals surface area contributed by atoms with E-state index in [1.807, 2.05) is 44.2 Å². The number of hydrogen-bond acceptors (Lipinski definition) is 2. The third kappa shape index (κ3) is 4.42. The molecule has 4 heteroatoms. The molecule has 0 saturated heterocycles. The quantitative estimate of drug-likeness (QED) is 0.840. The average Bonchev–Trinajstić information content (AvgIpc) is 2.55. The van der Waals surface area contributed by atoms with E-state index in [2.05, 4.69) is 17.6 Å². The van der Waals surface area contributed by atoms with Crippen LogP contribution in [0.3, 0.4) is 0 Å². The molecule has 2 aromatic carbocycles. The molecule has 0 unspecified atom stereocenters. The van der Waals surface area contributed by atoms with E-state index in [1.165, 1.54) is 5.56 Å². The lowest BCUT2D eigenvalue weighted by molar-refractivity contribution is -0.133. The fourth-order valence-corrected chi connectivity index (χ4v) is 2.31. The Hall–Kier alpha value is -2.62. The van der Waals surface area contributed by atoms with Crippen LogP contribution in [0.5, 0.6) is 0 Å². The van der Waals surface area contributed by atoms with Crippen LogP contribution in [0, 0.1) is 0 Å². The van der Waals surface area contributed by atoms with Crippen molar-refractivity contribution < 1.29 is 9.59 Å². The molecule has 0 aromatic heterocycles. The maximum atomic E-state index is 12.1. The molecule has 2 rings (SSSR count). The predicted molar refractivity (Wildman–Crippen MR) is 93.6 cm³/mol. The Bertz CT molecular complexity index is 691. The van der Waals surface area contributed by atoms with Crippen molar-refractivity contribution in [2.75, 3.05) is 10.6 Å². The minimum Gasteiger partial charge on any atom is -0.318 e. The topological polar surface area (TPSA) is 58.2 Å². The third-order valence-corrected chi connectivity index (χ3v) is 3.66. The average molecular weight is 310 g/mol. The number of anilines is 2. The lowest BCUT2D eigenvalue weighted by atomic mass is 10.0. The van der Waals surface area contributed by atoms with Crippen molar-refractivity contribution in [3.8, 4) is 0 Å². The van der Waals surface area contributed by atoms with Gasteiger partial charge in [-0.25, -0.2) is 0 Å². The van der Waals surface area contributed by atoms with Crippen molar-refractivity contribution in [1.82, 2.24) is 0 Å². The normalized spacial score (nSPS) is 10.4. The van der Waals surface area contributed by atoms with Crippen LogP contribution in [0.15, 0.2) is 48.5 Å². The molecule has 0 aliphatic carbocycles. The summed E-state index contributed by atoms with van der Waals surface area (Å²) in [5, 5.41) is 5.29. The number of nitrogens with one attached hydrogen (secondary N) is 2. The van der Waals surface area contributed by atoms with Gasteiger partial charge in [0.05, 0.1) is 0 Å². The maximum Gasteiger partial charge on any atom is 0.314 e. The molecule has 0 fully saturated rings. The van der Waals surface area contributed by atoms with Crippen LogP contribution in [-0.4, -0.2) is 11.8 Å². The van der Waals surface area contributed by atoms with Crippen LogP contribution in [0.25, 0.3) is 0 Å². The van der Waals surface area contributed by atoms with Crippen molar-refractivity contribution in [3.05, 3.63) is 59.7 Å². The van der Waals surface area contributed by atoms with E-state index in [-0.39, 0.29) is 5.92 Å². The highest BCUT2D eigenvalue weighted by molar-refractivity contribution is 6.43. The van der Waals surface area contributed by atoms with Gasteiger partial charge in [-0.1, -0.05) is 51.1 Å². The molecule has 23 heavy (non-hydrogen) atoms. The standard InChI is InChI=1S/C19H22N2O2/c1-4-14-9-11-15(12-10-14)20-18(22)19(23)21-17-8-6-5-7-16(17)13(2)3/h5-13H,4H2,1-3H3,(H,20,22)(H,21,23). The molecule has 0 heterocycles. The van der Waals surface area contributed by atoms with Gasteiger partial charge in [0.15, 0.2) is 0 Å². The van der Waals surface area contributed by atoms with E-state index in [1.54, 1.807) is 18.2 Å². The fraction of sp³-hybridized carbons (Fsp3) is 0.263. The summed E-state index contributed by atoms with van der Waals surface area (Å²) in [5.74, 6) is -1.08. The minimum atomic E-state index is -0.673. The predicted octanol–water partition coefficient (Wildman–Crippen LogP) is 3.95. The molecule has 0 aliphatic heterocycles. The van der Waals surface area contributed by atoms with Gasteiger partial charge in [0.2, 0.25) is 0 Å². The summed E-state index contributed by atoms with van der Waals surface area (Å²) >= 11 is 0. The van der Waals surface area contributed by atoms with Crippen LogP contribution >= 0.6 is 0 Å².